The first-order chi connectivity index (χ1) is 7.12. The number of hydrogen-bond acceptors (Lipinski definition) is 2. The predicted molar refractivity (Wildman–Crippen MR) is 56.0 cm³/mol. The van der Waals surface area contributed by atoms with Crippen molar-refractivity contribution in [3.05, 3.63) is 0 Å². The first-order valence-electron chi connectivity index (χ1n) is 5.59. The Morgan fingerprint density at radius 2 is 1.94 bits per heavy atom. The number of alkyl halides is 3. The Labute approximate surface area is 94.3 Å². The van der Waals surface area contributed by atoms with E-state index in [-0.39, 0.29) is 11.5 Å². The van der Waals surface area contributed by atoms with Gasteiger partial charge in [0.05, 0.1) is 6.10 Å². The summed E-state index contributed by atoms with van der Waals surface area (Å²) in [5, 5.41) is 0. The van der Waals surface area contributed by atoms with Crippen LogP contribution < -0.4 is 5.73 Å². The minimum Gasteiger partial charge on any atom is -0.364 e. The van der Waals surface area contributed by atoms with Crippen molar-refractivity contribution in [2.24, 2.45) is 11.1 Å². The zero-order valence-electron chi connectivity index (χ0n) is 9.97. The van der Waals surface area contributed by atoms with E-state index in [2.05, 4.69) is 0 Å². The predicted octanol–water partition coefficient (Wildman–Crippen LogP) is 2.86. The van der Waals surface area contributed by atoms with E-state index < -0.39 is 18.4 Å². The van der Waals surface area contributed by atoms with Crippen molar-refractivity contribution >= 4 is 0 Å². The number of hydrogen-bond donors (Lipinski definition) is 1. The van der Waals surface area contributed by atoms with Crippen LogP contribution in [0.3, 0.4) is 0 Å². The quantitative estimate of drug-likeness (QED) is 0.804. The maximum atomic E-state index is 12.4. The molecule has 2 nitrogen and oxygen atoms in total. The molecule has 5 heteroatoms. The van der Waals surface area contributed by atoms with Crippen molar-refractivity contribution < 1.29 is 17.9 Å². The van der Waals surface area contributed by atoms with Crippen LogP contribution in [0.5, 0.6) is 0 Å². The van der Waals surface area contributed by atoms with E-state index in [0.29, 0.717) is 6.42 Å². The van der Waals surface area contributed by atoms with Crippen LogP contribution in [0.4, 0.5) is 13.2 Å². The Hall–Kier alpha value is -0.290. The Morgan fingerprint density at radius 1 is 1.38 bits per heavy atom. The molecule has 0 aromatic rings. The molecule has 0 saturated heterocycles. The summed E-state index contributed by atoms with van der Waals surface area (Å²) >= 11 is 0. The van der Waals surface area contributed by atoms with E-state index in [1.807, 2.05) is 13.8 Å². The van der Waals surface area contributed by atoms with Gasteiger partial charge in [-0.25, -0.2) is 0 Å². The van der Waals surface area contributed by atoms with Crippen LogP contribution in [-0.4, -0.2) is 24.4 Å². The van der Waals surface area contributed by atoms with Gasteiger partial charge >= 0.3 is 6.18 Å². The normalized spacial score (nSPS) is 32.4. The number of ether oxygens (including phenoxy) is 1. The van der Waals surface area contributed by atoms with Gasteiger partial charge in [0.25, 0.3) is 0 Å². The molecule has 96 valence electrons. The largest absolute Gasteiger partial charge is 0.414 e. The Kier molecular flexibility index (Phi) is 3.90. The second-order valence-corrected chi connectivity index (χ2v) is 5.43. The molecule has 3 unspecified atom stereocenters. The van der Waals surface area contributed by atoms with Crippen molar-refractivity contribution in [1.29, 1.82) is 0 Å². The van der Waals surface area contributed by atoms with Gasteiger partial charge in [0, 0.05) is 6.04 Å². The summed E-state index contributed by atoms with van der Waals surface area (Å²) in [7, 11) is 0. The van der Waals surface area contributed by atoms with Gasteiger partial charge in [0.15, 0.2) is 6.10 Å². The number of nitrogens with two attached hydrogens (primary N) is 1. The molecule has 1 aliphatic carbocycles. The molecule has 0 amide bonds. The molecule has 0 aromatic heterocycles. The zero-order chi connectivity index (χ0) is 12.6. The minimum atomic E-state index is -4.30. The molecular weight excluding hydrogens is 219 g/mol. The lowest BCUT2D eigenvalue weighted by molar-refractivity contribution is -0.233. The topological polar surface area (TPSA) is 35.2 Å². The standard InChI is InChI=1S/C11H20F3NO/c1-7(11(12,13)14)16-9-6-10(2,3)5-4-8(9)15/h7-9H,4-6,15H2,1-3H3. The maximum Gasteiger partial charge on any atom is 0.414 e. The van der Waals surface area contributed by atoms with Crippen LogP contribution in [0.15, 0.2) is 0 Å². The summed E-state index contributed by atoms with van der Waals surface area (Å²) in [6.07, 6.45) is -4.27. The first-order valence-corrected chi connectivity index (χ1v) is 5.59. The molecule has 1 fully saturated rings. The highest BCUT2D eigenvalue weighted by Gasteiger charge is 2.42. The highest BCUT2D eigenvalue weighted by atomic mass is 19.4. The molecule has 0 radical (unpaired) electrons. The van der Waals surface area contributed by atoms with Crippen LogP contribution in [0.2, 0.25) is 0 Å². The van der Waals surface area contributed by atoms with Crippen molar-refractivity contribution in [1.82, 2.24) is 0 Å². The van der Waals surface area contributed by atoms with E-state index in [9.17, 15) is 13.2 Å². The molecule has 0 spiro atoms. The van der Waals surface area contributed by atoms with Gasteiger partial charge in [-0.3, -0.25) is 0 Å². The third-order valence-corrected chi connectivity index (χ3v) is 3.23. The Balaban J connectivity index is 2.58. The third-order valence-electron chi connectivity index (χ3n) is 3.23. The van der Waals surface area contributed by atoms with Crippen molar-refractivity contribution in [3.63, 3.8) is 0 Å². The summed E-state index contributed by atoms with van der Waals surface area (Å²) in [6, 6.07) is -0.280. The third kappa shape index (κ3) is 3.63. The fourth-order valence-corrected chi connectivity index (χ4v) is 2.03. The lowest BCUT2D eigenvalue weighted by atomic mass is 9.74. The van der Waals surface area contributed by atoms with Gasteiger partial charge < -0.3 is 10.5 Å². The van der Waals surface area contributed by atoms with Crippen LogP contribution in [-0.2, 0) is 4.74 Å². The molecule has 1 aliphatic rings. The second-order valence-electron chi connectivity index (χ2n) is 5.43. The van der Waals surface area contributed by atoms with Gasteiger partial charge in [-0.15, -0.1) is 0 Å². The average Bonchev–Trinajstić information content (AvgIpc) is 2.09. The van der Waals surface area contributed by atoms with Crippen molar-refractivity contribution in [2.75, 3.05) is 0 Å². The minimum absolute atomic E-state index is 0.0197. The molecule has 1 saturated carbocycles. The molecule has 16 heavy (non-hydrogen) atoms. The lowest BCUT2D eigenvalue weighted by Crippen LogP contribution is -2.47. The number of rotatable bonds is 2. The molecule has 3 atom stereocenters. The average molecular weight is 239 g/mol. The summed E-state index contributed by atoms with van der Waals surface area (Å²) in [5.74, 6) is 0. The smallest absolute Gasteiger partial charge is 0.364 e. The van der Waals surface area contributed by atoms with Crippen molar-refractivity contribution in [2.45, 2.75) is 64.5 Å². The monoisotopic (exact) mass is 239 g/mol. The van der Waals surface area contributed by atoms with Gasteiger partial charge in [0.1, 0.15) is 0 Å². The highest BCUT2D eigenvalue weighted by Crippen LogP contribution is 2.37. The fraction of sp³-hybridized carbons (Fsp3) is 1.00. The van der Waals surface area contributed by atoms with Crippen LogP contribution >= 0.6 is 0 Å². The summed E-state index contributed by atoms with van der Waals surface area (Å²) < 4.78 is 42.1. The fourth-order valence-electron chi connectivity index (χ4n) is 2.03. The van der Waals surface area contributed by atoms with Crippen molar-refractivity contribution in [3.8, 4) is 0 Å². The second kappa shape index (κ2) is 4.53. The van der Waals surface area contributed by atoms with Crippen LogP contribution in [0.25, 0.3) is 0 Å². The van der Waals surface area contributed by atoms with E-state index >= 15 is 0 Å². The first kappa shape index (κ1) is 13.8. The molecule has 2 N–H and O–H groups in total. The SMILES string of the molecule is CC(OC1CC(C)(C)CCC1N)C(F)(F)F. The highest BCUT2D eigenvalue weighted by molar-refractivity contribution is 4.88. The van der Waals surface area contributed by atoms with E-state index in [4.69, 9.17) is 10.5 Å². The molecular formula is C11H20F3NO. The van der Waals surface area contributed by atoms with E-state index in [0.717, 1.165) is 19.8 Å². The van der Waals surface area contributed by atoms with Gasteiger partial charge in [0.2, 0.25) is 0 Å². The summed E-state index contributed by atoms with van der Waals surface area (Å²) in [4.78, 5) is 0. The molecule has 0 aromatic carbocycles. The molecule has 0 bridgehead atoms. The van der Waals surface area contributed by atoms with Crippen LogP contribution in [0.1, 0.15) is 40.0 Å². The van der Waals surface area contributed by atoms with E-state index in [1.165, 1.54) is 0 Å². The molecule has 0 aliphatic heterocycles. The summed E-state index contributed by atoms with van der Waals surface area (Å²) in [6.45, 7) is 5.11. The number of halogens is 3. The van der Waals surface area contributed by atoms with E-state index in [1.54, 1.807) is 0 Å². The molecule has 1 rings (SSSR count). The Morgan fingerprint density at radius 3 is 2.44 bits per heavy atom. The van der Waals surface area contributed by atoms with Gasteiger partial charge in [-0.2, -0.15) is 13.2 Å². The molecule has 0 heterocycles. The summed E-state index contributed by atoms with van der Waals surface area (Å²) in [5.41, 5.74) is 5.82. The lowest BCUT2D eigenvalue weighted by Gasteiger charge is -2.40. The Bertz CT molecular complexity index is 240. The van der Waals surface area contributed by atoms with Gasteiger partial charge in [-0.1, -0.05) is 13.8 Å². The zero-order valence-corrected chi connectivity index (χ0v) is 9.97. The van der Waals surface area contributed by atoms with Crippen LogP contribution in [0, 0.1) is 5.41 Å². The maximum absolute atomic E-state index is 12.4. The van der Waals surface area contributed by atoms with Gasteiger partial charge in [-0.05, 0) is 31.6 Å².